The van der Waals surface area contributed by atoms with E-state index in [0.717, 1.165) is 5.56 Å². The van der Waals surface area contributed by atoms with Gasteiger partial charge in [0.05, 0.1) is 4.92 Å². The summed E-state index contributed by atoms with van der Waals surface area (Å²) in [5, 5.41) is 14.2. The van der Waals surface area contributed by atoms with Gasteiger partial charge in [0.15, 0.2) is 0 Å². The Kier molecular flexibility index (Phi) is 4.93. The van der Waals surface area contributed by atoms with Crippen LogP contribution in [0.25, 0.3) is 0 Å². The van der Waals surface area contributed by atoms with Crippen LogP contribution in [0.4, 0.5) is 5.69 Å². The molecule has 0 heterocycles. The van der Waals surface area contributed by atoms with Crippen molar-refractivity contribution in [2.45, 2.75) is 13.0 Å². The second-order valence-electron chi connectivity index (χ2n) is 4.55. The predicted octanol–water partition coefficient (Wildman–Crippen LogP) is 4.43. The minimum absolute atomic E-state index is 0.0727. The van der Waals surface area contributed by atoms with Crippen LogP contribution in [0.2, 0.25) is 0 Å². The molecule has 0 aliphatic rings. The molecule has 110 valence electrons. The molecule has 1 N–H and O–H groups in total. The van der Waals surface area contributed by atoms with Gasteiger partial charge in [0.2, 0.25) is 5.75 Å². The monoisotopic (exact) mass is 350 g/mol. The molecule has 0 aliphatic carbocycles. The van der Waals surface area contributed by atoms with Crippen LogP contribution in [0.1, 0.15) is 18.5 Å². The van der Waals surface area contributed by atoms with E-state index < -0.39 is 4.92 Å². The minimum atomic E-state index is -0.458. The lowest BCUT2D eigenvalue weighted by Gasteiger charge is -2.12. The molecule has 0 saturated carbocycles. The number of nitro groups is 1. The molecule has 0 saturated heterocycles. The topological polar surface area (TPSA) is 64.4 Å². The Morgan fingerprint density at radius 2 is 2.05 bits per heavy atom. The van der Waals surface area contributed by atoms with E-state index in [4.69, 9.17) is 4.74 Å². The maximum Gasteiger partial charge on any atom is 0.312 e. The zero-order chi connectivity index (χ0) is 15.4. The number of rotatable bonds is 5. The van der Waals surface area contributed by atoms with E-state index in [0.29, 0.717) is 10.2 Å². The molecule has 0 aromatic heterocycles. The first-order valence-electron chi connectivity index (χ1n) is 6.40. The van der Waals surface area contributed by atoms with E-state index in [2.05, 4.69) is 21.2 Å². The fraction of sp³-hybridized carbons (Fsp3) is 0.200. The van der Waals surface area contributed by atoms with Gasteiger partial charge in [-0.3, -0.25) is 10.1 Å². The first-order valence-corrected chi connectivity index (χ1v) is 7.19. The lowest BCUT2D eigenvalue weighted by molar-refractivity contribution is -0.385. The molecule has 0 fully saturated rings. The van der Waals surface area contributed by atoms with Gasteiger partial charge in [-0.1, -0.05) is 28.1 Å². The molecule has 0 amide bonds. The highest BCUT2D eigenvalue weighted by atomic mass is 79.9. The summed E-state index contributed by atoms with van der Waals surface area (Å²) >= 11 is 3.22. The van der Waals surface area contributed by atoms with Gasteiger partial charge in [-0.2, -0.15) is 0 Å². The third-order valence-corrected chi connectivity index (χ3v) is 3.63. The Hall–Kier alpha value is -1.92. The zero-order valence-electron chi connectivity index (χ0n) is 11.7. The minimum Gasteiger partial charge on any atom is -0.450 e. The predicted molar refractivity (Wildman–Crippen MR) is 84.8 cm³/mol. The van der Waals surface area contributed by atoms with Gasteiger partial charge in [-0.15, -0.1) is 0 Å². The Labute approximate surface area is 131 Å². The highest BCUT2D eigenvalue weighted by molar-refractivity contribution is 9.10. The summed E-state index contributed by atoms with van der Waals surface area (Å²) in [5.41, 5.74) is 0.978. The Bertz CT molecular complexity index is 661. The van der Waals surface area contributed by atoms with Gasteiger partial charge in [-0.05, 0) is 43.8 Å². The molecule has 0 aliphatic heterocycles. The summed E-state index contributed by atoms with van der Waals surface area (Å²) < 4.78 is 6.31. The lowest BCUT2D eigenvalue weighted by atomic mass is 10.1. The van der Waals surface area contributed by atoms with Crippen molar-refractivity contribution in [1.29, 1.82) is 0 Å². The first-order chi connectivity index (χ1) is 10.0. The van der Waals surface area contributed by atoms with Crippen molar-refractivity contribution >= 4 is 21.6 Å². The Morgan fingerprint density at radius 3 is 2.71 bits per heavy atom. The fourth-order valence-electron chi connectivity index (χ4n) is 1.86. The smallest absolute Gasteiger partial charge is 0.312 e. The summed E-state index contributed by atoms with van der Waals surface area (Å²) in [4.78, 5) is 10.6. The number of ether oxygens (including phenoxy) is 1. The third kappa shape index (κ3) is 3.80. The van der Waals surface area contributed by atoms with E-state index in [1.54, 1.807) is 18.2 Å². The molecule has 5 nitrogen and oxygen atoms in total. The standard InChI is InChI=1S/C15H15BrN2O3/c1-10(17-2)11-4-3-5-13(8-11)21-15-7-6-12(16)9-14(15)18(19)20/h3-10,17H,1-2H3. The number of nitrogens with zero attached hydrogens (tertiary/aromatic N) is 1. The highest BCUT2D eigenvalue weighted by Gasteiger charge is 2.16. The second kappa shape index (κ2) is 6.69. The average molecular weight is 351 g/mol. The van der Waals surface area contributed by atoms with Crippen LogP contribution in [0, 0.1) is 10.1 Å². The van der Waals surface area contributed by atoms with Crippen LogP contribution in [-0.4, -0.2) is 12.0 Å². The van der Waals surface area contributed by atoms with Crippen molar-refractivity contribution in [1.82, 2.24) is 5.32 Å². The van der Waals surface area contributed by atoms with Gasteiger partial charge in [0.1, 0.15) is 5.75 Å². The molecular formula is C15H15BrN2O3. The molecule has 21 heavy (non-hydrogen) atoms. The fourth-order valence-corrected chi connectivity index (χ4v) is 2.21. The Balaban J connectivity index is 2.32. The quantitative estimate of drug-likeness (QED) is 0.639. The third-order valence-electron chi connectivity index (χ3n) is 3.14. The number of hydrogen-bond donors (Lipinski definition) is 1. The summed E-state index contributed by atoms with van der Waals surface area (Å²) in [7, 11) is 1.87. The van der Waals surface area contributed by atoms with E-state index in [-0.39, 0.29) is 17.5 Å². The van der Waals surface area contributed by atoms with Crippen LogP contribution in [0.5, 0.6) is 11.5 Å². The molecule has 2 rings (SSSR count). The van der Waals surface area contributed by atoms with E-state index in [9.17, 15) is 10.1 Å². The molecule has 2 aromatic carbocycles. The van der Waals surface area contributed by atoms with Crippen LogP contribution < -0.4 is 10.1 Å². The number of nitro benzene ring substituents is 1. The normalized spacial score (nSPS) is 12.0. The number of nitrogens with one attached hydrogen (secondary N) is 1. The maximum atomic E-state index is 11.1. The van der Waals surface area contributed by atoms with Crippen molar-refractivity contribution in [3.63, 3.8) is 0 Å². The van der Waals surface area contributed by atoms with Crippen LogP contribution in [0.15, 0.2) is 46.9 Å². The molecule has 0 radical (unpaired) electrons. The largest absolute Gasteiger partial charge is 0.450 e. The summed E-state index contributed by atoms with van der Waals surface area (Å²) in [6.07, 6.45) is 0. The SMILES string of the molecule is CNC(C)c1cccc(Oc2ccc(Br)cc2[N+](=O)[O-])c1. The van der Waals surface area contributed by atoms with Gasteiger partial charge >= 0.3 is 5.69 Å². The molecule has 0 bridgehead atoms. The summed E-state index contributed by atoms with van der Waals surface area (Å²) in [5.74, 6) is 0.789. The van der Waals surface area contributed by atoms with Gasteiger partial charge in [0.25, 0.3) is 0 Å². The van der Waals surface area contributed by atoms with Crippen molar-refractivity contribution < 1.29 is 9.66 Å². The van der Waals surface area contributed by atoms with Gasteiger partial charge in [-0.25, -0.2) is 0 Å². The number of hydrogen-bond acceptors (Lipinski definition) is 4. The molecular weight excluding hydrogens is 336 g/mol. The van der Waals surface area contributed by atoms with Crippen molar-refractivity contribution in [3.8, 4) is 11.5 Å². The second-order valence-corrected chi connectivity index (χ2v) is 5.47. The number of benzene rings is 2. The average Bonchev–Trinajstić information content (AvgIpc) is 2.48. The summed E-state index contributed by atoms with van der Waals surface area (Å²) in [6.45, 7) is 2.03. The molecule has 2 aromatic rings. The van der Waals surface area contributed by atoms with Crippen molar-refractivity contribution in [3.05, 3.63) is 62.6 Å². The van der Waals surface area contributed by atoms with Gasteiger partial charge < -0.3 is 10.1 Å². The van der Waals surface area contributed by atoms with E-state index >= 15 is 0 Å². The van der Waals surface area contributed by atoms with Gasteiger partial charge in [0, 0.05) is 16.6 Å². The highest BCUT2D eigenvalue weighted by Crippen LogP contribution is 2.34. The summed E-state index contributed by atoms with van der Waals surface area (Å²) in [6, 6.07) is 12.4. The number of halogens is 1. The van der Waals surface area contributed by atoms with Crippen molar-refractivity contribution in [2.75, 3.05) is 7.05 Å². The van der Waals surface area contributed by atoms with E-state index in [1.165, 1.54) is 6.07 Å². The van der Waals surface area contributed by atoms with Crippen LogP contribution in [-0.2, 0) is 0 Å². The molecule has 0 spiro atoms. The Morgan fingerprint density at radius 1 is 1.29 bits per heavy atom. The van der Waals surface area contributed by atoms with E-state index in [1.807, 2.05) is 32.2 Å². The molecule has 6 heteroatoms. The first kappa shape index (κ1) is 15.5. The molecule has 1 unspecified atom stereocenters. The van der Waals surface area contributed by atoms with Crippen LogP contribution >= 0.6 is 15.9 Å². The zero-order valence-corrected chi connectivity index (χ0v) is 13.3. The molecule has 1 atom stereocenters. The lowest BCUT2D eigenvalue weighted by Crippen LogP contribution is -2.12. The van der Waals surface area contributed by atoms with Crippen LogP contribution in [0.3, 0.4) is 0 Å². The maximum absolute atomic E-state index is 11.1. The van der Waals surface area contributed by atoms with Crippen molar-refractivity contribution in [2.24, 2.45) is 0 Å².